The predicted octanol–water partition coefficient (Wildman–Crippen LogP) is 8.30. The monoisotopic (exact) mass is 748 g/mol. The minimum Gasteiger partial charge on any atom is -0.748 e. The fourth-order valence-corrected chi connectivity index (χ4v) is 7.89. The van der Waals surface area contributed by atoms with Gasteiger partial charge in [-0.25, -0.2) is 23.0 Å². The summed E-state index contributed by atoms with van der Waals surface area (Å²) in [6, 6.07) is 37.9. The molecule has 1 aliphatic rings. The Labute approximate surface area is 317 Å². The Morgan fingerprint density at radius 2 is 1.42 bits per heavy atom. The van der Waals surface area contributed by atoms with Crippen LogP contribution in [0.1, 0.15) is 19.2 Å². The Hall–Kier alpha value is -6.50. The smallest absolute Gasteiger partial charge is 0.287 e. The van der Waals surface area contributed by atoms with Crippen LogP contribution in [0, 0.1) is 0 Å². The largest absolute Gasteiger partial charge is 0.748 e. The molecule has 274 valence electrons. The minimum atomic E-state index is -4.39. The van der Waals surface area contributed by atoms with E-state index in [0.29, 0.717) is 30.5 Å². The summed E-state index contributed by atoms with van der Waals surface area (Å²) in [5.74, 6) is 2.37. The molecule has 0 bridgehead atoms. The summed E-state index contributed by atoms with van der Waals surface area (Å²) >= 11 is 0. The number of hydrogen-bond acceptors (Lipinski definition) is 9. The summed E-state index contributed by atoms with van der Waals surface area (Å²) < 4.78 is 51.6. The number of fused-ring (bicyclic) bond motifs is 4. The number of rotatable bonds is 10. The van der Waals surface area contributed by atoms with Gasteiger partial charge < -0.3 is 23.2 Å². The van der Waals surface area contributed by atoms with Crippen LogP contribution >= 0.6 is 0 Å². The maximum absolute atomic E-state index is 11.6. The fourth-order valence-electron chi connectivity index (χ4n) is 7.41. The molecular formula is C43H36N6O5S. The Balaban J connectivity index is 1.13. The van der Waals surface area contributed by atoms with E-state index in [2.05, 4.69) is 51.3 Å². The summed E-state index contributed by atoms with van der Waals surface area (Å²) in [6.07, 6.45) is 6.27. The van der Waals surface area contributed by atoms with Crippen molar-refractivity contribution in [2.75, 3.05) is 29.1 Å². The van der Waals surface area contributed by atoms with Gasteiger partial charge in [0.2, 0.25) is 11.8 Å². The van der Waals surface area contributed by atoms with Gasteiger partial charge in [0, 0.05) is 42.6 Å². The van der Waals surface area contributed by atoms with Crippen molar-refractivity contribution in [1.82, 2.24) is 14.5 Å². The number of benzene rings is 5. The highest BCUT2D eigenvalue weighted by Crippen LogP contribution is 2.43. The number of anilines is 2. The Morgan fingerprint density at radius 3 is 2.07 bits per heavy atom. The summed E-state index contributed by atoms with van der Waals surface area (Å²) in [7, 11) is -2.41. The summed E-state index contributed by atoms with van der Waals surface area (Å²) in [5.41, 5.74) is 9.53. The molecule has 0 N–H and O–H groups in total. The van der Waals surface area contributed by atoms with Gasteiger partial charge in [0.1, 0.15) is 22.5 Å². The summed E-state index contributed by atoms with van der Waals surface area (Å²) in [4.78, 5) is 13.6. The van der Waals surface area contributed by atoms with Gasteiger partial charge in [0.05, 0.1) is 28.0 Å². The van der Waals surface area contributed by atoms with Crippen LogP contribution in [-0.2, 0) is 16.7 Å². The molecule has 1 aliphatic heterocycles. The standard InChI is InChI=1S/C43H36N6O5S/c1-3-47-37-28-30(43-45-33-16-8-10-18-39(33)54-43)22-24-35(37)49(31-13-5-4-6-14-31)41(47)20-11-19-40-46(2)34-23-21-29(42-44-32-15-7-9-17-38(32)53-42)27-36(34)48(40)25-12-26-55(50,51)52/h4-11,13-24,27-28H,3,12,25-26H2,1-2H3. The average molecular weight is 749 g/mol. The highest BCUT2D eigenvalue weighted by atomic mass is 32.2. The molecule has 11 nitrogen and oxygen atoms in total. The topological polar surface area (TPSA) is 125 Å². The summed E-state index contributed by atoms with van der Waals surface area (Å²) in [6.45, 7) is 3.13. The van der Waals surface area contributed by atoms with Crippen LogP contribution in [0.25, 0.3) is 67.9 Å². The highest BCUT2D eigenvalue weighted by Gasteiger charge is 2.30. The molecule has 0 atom stereocenters. The van der Waals surface area contributed by atoms with E-state index in [9.17, 15) is 13.0 Å². The highest BCUT2D eigenvalue weighted by molar-refractivity contribution is 7.85. The number of hydrogen-bond donors (Lipinski definition) is 0. The number of allylic oxidation sites excluding steroid dienone is 2. The molecule has 5 aromatic carbocycles. The van der Waals surface area contributed by atoms with Crippen molar-refractivity contribution in [2.24, 2.45) is 0 Å². The van der Waals surface area contributed by atoms with E-state index in [-0.39, 0.29) is 6.42 Å². The first-order chi connectivity index (χ1) is 26.8. The lowest BCUT2D eigenvalue weighted by Crippen LogP contribution is -2.35. The van der Waals surface area contributed by atoms with Gasteiger partial charge in [0.25, 0.3) is 5.82 Å². The number of imidazole rings is 1. The molecule has 9 rings (SSSR count). The van der Waals surface area contributed by atoms with Crippen LogP contribution in [0.4, 0.5) is 11.4 Å². The molecule has 0 unspecified atom stereocenters. The second kappa shape index (κ2) is 13.7. The zero-order chi connectivity index (χ0) is 37.7. The van der Waals surface area contributed by atoms with Crippen molar-refractivity contribution in [1.29, 1.82) is 0 Å². The van der Waals surface area contributed by atoms with Gasteiger partial charge in [-0.05, 0) is 86.2 Å². The van der Waals surface area contributed by atoms with E-state index in [0.717, 1.165) is 67.5 Å². The van der Waals surface area contributed by atoms with Crippen molar-refractivity contribution < 1.29 is 26.4 Å². The van der Waals surface area contributed by atoms with Gasteiger partial charge >= 0.3 is 0 Å². The van der Waals surface area contributed by atoms with Crippen molar-refractivity contribution in [3.05, 3.63) is 139 Å². The lowest BCUT2D eigenvalue weighted by atomic mass is 10.1. The van der Waals surface area contributed by atoms with Crippen molar-refractivity contribution >= 4 is 60.8 Å². The van der Waals surface area contributed by atoms with Gasteiger partial charge in [-0.3, -0.25) is 0 Å². The second-order valence-corrected chi connectivity index (χ2v) is 14.9. The van der Waals surface area contributed by atoms with E-state index >= 15 is 0 Å². The average Bonchev–Trinajstić information content (AvgIpc) is 3.96. The Kier molecular flexibility index (Phi) is 8.56. The van der Waals surface area contributed by atoms with E-state index in [4.69, 9.17) is 18.8 Å². The number of oxazole rings is 2. The summed E-state index contributed by atoms with van der Waals surface area (Å²) in [5, 5.41) is 0. The van der Waals surface area contributed by atoms with Crippen molar-refractivity contribution in [3.8, 4) is 28.6 Å². The second-order valence-electron chi connectivity index (χ2n) is 13.4. The zero-order valence-corrected chi connectivity index (χ0v) is 31.0. The molecule has 0 amide bonds. The van der Waals surface area contributed by atoms with Crippen LogP contribution in [0.2, 0.25) is 0 Å². The third-order valence-electron chi connectivity index (χ3n) is 9.94. The number of aryl methyl sites for hydroxylation is 1. The molecule has 55 heavy (non-hydrogen) atoms. The van der Waals surface area contributed by atoms with Crippen LogP contribution in [-0.4, -0.2) is 46.9 Å². The Morgan fingerprint density at radius 1 is 0.782 bits per heavy atom. The minimum absolute atomic E-state index is 0.161. The molecule has 12 heteroatoms. The quantitative estimate of drug-likeness (QED) is 0.100. The lowest BCUT2D eigenvalue weighted by Gasteiger charge is -2.23. The van der Waals surface area contributed by atoms with Crippen molar-refractivity contribution in [3.63, 3.8) is 0 Å². The molecule has 8 aromatic rings. The van der Waals surface area contributed by atoms with Gasteiger partial charge in [-0.1, -0.05) is 48.5 Å². The van der Waals surface area contributed by atoms with Crippen LogP contribution < -0.4 is 14.4 Å². The van der Waals surface area contributed by atoms with Gasteiger partial charge in [-0.15, -0.1) is 0 Å². The van der Waals surface area contributed by atoms with Crippen LogP contribution in [0.5, 0.6) is 0 Å². The van der Waals surface area contributed by atoms with E-state index in [1.54, 1.807) is 0 Å². The number of nitrogens with zero attached hydrogens (tertiary/aromatic N) is 6. The maximum atomic E-state index is 11.6. The molecule has 0 saturated carbocycles. The molecule has 0 fully saturated rings. The van der Waals surface area contributed by atoms with Gasteiger partial charge in [0.15, 0.2) is 22.2 Å². The molecular weight excluding hydrogens is 713 g/mol. The van der Waals surface area contributed by atoms with Crippen LogP contribution in [0.15, 0.2) is 142 Å². The van der Waals surface area contributed by atoms with Crippen molar-refractivity contribution in [2.45, 2.75) is 19.9 Å². The number of aromatic nitrogens is 4. The molecule has 3 aromatic heterocycles. The number of para-hydroxylation sites is 5. The first kappa shape index (κ1) is 34.3. The molecule has 0 spiro atoms. The molecule has 0 saturated heterocycles. The maximum Gasteiger partial charge on any atom is 0.287 e. The van der Waals surface area contributed by atoms with E-state index < -0.39 is 15.9 Å². The van der Waals surface area contributed by atoms with Crippen LogP contribution in [0.3, 0.4) is 0 Å². The normalized spacial score (nSPS) is 14.1. The molecule has 0 radical (unpaired) electrons. The fraction of sp³-hybridized carbons (Fsp3) is 0.140. The predicted molar refractivity (Wildman–Crippen MR) is 214 cm³/mol. The van der Waals surface area contributed by atoms with E-state index in [1.807, 2.05) is 115 Å². The SMILES string of the molecule is CC[n+]1c(/C=C/C=C2\N(C)c3ccc(-c4nc5ccccc5o4)cc3N2CCCS(=O)(=O)[O-])n(-c2ccccc2)c2ccc(-c3nc4ccccc4o3)cc21. The third-order valence-corrected chi connectivity index (χ3v) is 10.7. The third kappa shape index (κ3) is 6.34. The van der Waals surface area contributed by atoms with E-state index in [1.165, 1.54) is 0 Å². The van der Waals surface area contributed by atoms with Gasteiger partial charge in [-0.2, -0.15) is 4.57 Å². The lowest BCUT2D eigenvalue weighted by molar-refractivity contribution is -0.670. The molecule has 0 aliphatic carbocycles. The first-order valence-corrected chi connectivity index (χ1v) is 19.7. The zero-order valence-electron chi connectivity index (χ0n) is 30.2. The molecule has 4 heterocycles. The Bertz CT molecular complexity index is 2840. The first-order valence-electron chi connectivity index (χ1n) is 18.1.